The molecule has 0 unspecified atom stereocenters. The highest BCUT2D eigenvalue weighted by Gasteiger charge is 2.32. The smallest absolute Gasteiger partial charge is 0.333 e. The van der Waals surface area contributed by atoms with Gasteiger partial charge in [0, 0.05) is 19.6 Å². The van der Waals surface area contributed by atoms with Crippen molar-refractivity contribution >= 4 is 34.5 Å². The summed E-state index contributed by atoms with van der Waals surface area (Å²) in [5.41, 5.74) is -0.272. The first-order valence-corrected chi connectivity index (χ1v) is 12.4. The number of anilines is 1. The lowest BCUT2D eigenvalue weighted by atomic mass is 9.89. The second-order valence-electron chi connectivity index (χ2n) is 9.00. The fraction of sp³-hybridized carbons (Fsp3) is 0.375. The molecule has 38 heavy (non-hydrogen) atoms. The van der Waals surface area contributed by atoms with Gasteiger partial charge >= 0.3 is 5.69 Å². The summed E-state index contributed by atoms with van der Waals surface area (Å²) in [6, 6.07) is 2.92. The van der Waals surface area contributed by atoms with Gasteiger partial charge < -0.3 is 14.8 Å². The van der Waals surface area contributed by atoms with Crippen molar-refractivity contribution in [2.45, 2.75) is 51.5 Å². The zero-order chi connectivity index (χ0) is 27.0. The van der Waals surface area contributed by atoms with Gasteiger partial charge in [-0.05, 0) is 31.4 Å². The Morgan fingerprint density at radius 2 is 2.00 bits per heavy atom. The van der Waals surface area contributed by atoms with Crippen molar-refractivity contribution in [1.82, 2.24) is 34.1 Å². The highest BCUT2D eigenvalue weighted by molar-refractivity contribution is 6.29. The molecule has 0 aliphatic heterocycles. The minimum Gasteiger partial charge on any atom is -0.484 e. The predicted molar refractivity (Wildman–Crippen MR) is 138 cm³/mol. The molecule has 13 nitrogen and oxygen atoms in total. The van der Waals surface area contributed by atoms with Crippen LogP contribution in [0.1, 0.15) is 48.5 Å². The molecule has 0 aromatic carbocycles. The third-order valence-corrected chi connectivity index (χ3v) is 6.54. The van der Waals surface area contributed by atoms with Crippen LogP contribution in [0.25, 0.3) is 11.2 Å². The molecule has 1 saturated carbocycles. The third kappa shape index (κ3) is 4.77. The maximum absolute atomic E-state index is 13.1. The first-order chi connectivity index (χ1) is 18.3. The lowest BCUT2D eigenvalue weighted by molar-refractivity contribution is 0.0449. The number of rotatable bonds is 8. The van der Waals surface area contributed by atoms with Gasteiger partial charge in [0.25, 0.3) is 11.5 Å². The molecule has 0 spiro atoms. The summed E-state index contributed by atoms with van der Waals surface area (Å²) < 4.78 is 8.48. The van der Waals surface area contributed by atoms with E-state index in [-0.39, 0.29) is 34.7 Å². The molecule has 0 saturated heterocycles. The Morgan fingerprint density at radius 3 is 2.63 bits per heavy atom. The molecule has 1 aliphatic carbocycles. The number of aliphatic hydroxyl groups excluding tert-OH is 1. The van der Waals surface area contributed by atoms with Crippen molar-refractivity contribution in [3.63, 3.8) is 0 Å². The van der Waals surface area contributed by atoms with Crippen molar-refractivity contribution in [1.29, 1.82) is 0 Å². The van der Waals surface area contributed by atoms with E-state index in [9.17, 15) is 19.5 Å². The topological polar surface area (TPSA) is 161 Å². The molecule has 4 heterocycles. The van der Waals surface area contributed by atoms with Crippen LogP contribution >= 0.6 is 11.6 Å². The van der Waals surface area contributed by atoms with Crippen LogP contribution in [0.5, 0.6) is 5.75 Å². The molecular formula is C24H25ClN8O5. The van der Waals surface area contributed by atoms with Crippen LogP contribution in [-0.2, 0) is 13.2 Å². The fourth-order valence-corrected chi connectivity index (χ4v) is 4.37. The summed E-state index contributed by atoms with van der Waals surface area (Å²) in [7, 11) is 1.56. The average molecular weight is 541 g/mol. The summed E-state index contributed by atoms with van der Waals surface area (Å²) >= 11 is 5.72. The lowest BCUT2D eigenvalue weighted by Gasteiger charge is -2.32. The van der Waals surface area contributed by atoms with Crippen molar-refractivity contribution in [2.75, 3.05) is 11.9 Å². The zero-order valence-corrected chi connectivity index (χ0v) is 21.4. The maximum Gasteiger partial charge on any atom is 0.333 e. The normalized spacial score (nSPS) is 16.8. The van der Waals surface area contributed by atoms with E-state index in [4.69, 9.17) is 16.3 Å². The van der Waals surface area contributed by atoms with E-state index >= 15 is 0 Å². The molecule has 0 atom stereocenters. The minimum absolute atomic E-state index is 0.00720. The molecule has 14 heteroatoms. The Morgan fingerprint density at radius 1 is 1.21 bits per heavy atom. The van der Waals surface area contributed by atoms with E-state index in [1.807, 2.05) is 6.92 Å². The Balaban J connectivity index is 1.33. The number of hydrogen-bond acceptors (Lipinski definition) is 9. The van der Waals surface area contributed by atoms with Gasteiger partial charge in [0.05, 0.1) is 24.7 Å². The zero-order valence-electron chi connectivity index (χ0n) is 20.7. The minimum atomic E-state index is -0.503. The highest BCUT2D eigenvalue weighted by atomic mass is 35.5. The van der Waals surface area contributed by atoms with Gasteiger partial charge in [-0.2, -0.15) is 0 Å². The number of nitrogens with zero attached hydrogens (tertiary/aromatic N) is 7. The number of nitrogens with one attached hydrogen (secondary N) is 1. The summed E-state index contributed by atoms with van der Waals surface area (Å²) in [5, 5.41) is 9.86. The molecule has 4 aromatic heterocycles. The molecule has 198 valence electrons. The van der Waals surface area contributed by atoms with Gasteiger partial charge in [-0.1, -0.05) is 18.5 Å². The summed E-state index contributed by atoms with van der Waals surface area (Å²) in [6.07, 6.45) is 4.95. The number of ether oxygens (including phenoxy) is 1. The molecule has 5 rings (SSSR count). The van der Waals surface area contributed by atoms with Crippen molar-refractivity contribution in [3.8, 4) is 5.75 Å². The van der Waals surface area contributed by atoms with Crippen LogP contribution in [0.15, 0.2) is 40.3 Å². The SMILES string of the molecule is CCCn1c(=O)n(C2CC(O)C2)c(=O)c2[nH]c(COc3ccc(N(C)C(=O)c4cnc(Cl)cn4)nc3)nc21. The number of aryl methyl sites for hydroxylation is 1. The molecule has 2 N–H and O–H groups in total. The average Bonchev–Trinajstić information content (AvgIpc) is 3.33. The number of H-pyrrole nitrogens is 1. The van der Waals surface area contributed by atoms with E-state index in [1.54, 1.807) is 19.2 Å². The van der Waals surface area contributed by atoms with E-state index < -0.39 is 23.3 Å². The third-order valence-electron chi connectivity index (χ3n) is 6.34. The Labute approximate surface area is 220 Å². The number of carbonyl (C=O) groups excluding carboxylic acids is 1. The standard InChI is InChI=1S/C24H25ClN8O5/c1-3-6-32-21-20(23(36)33(24(32)37)13-7-14(34)8-13)29-18(30-21)12-38-15-4-5-19(28-9-15)31(2)22(35)16-10-27-17(25)11-26-16/h4-5,9-11,13-14,34H,3,6-8,12H2,1-2H3,(H,29,30). The van der Waals surface area contributed by atoms with Gasteiger partial charge in [0.2, 0.25) is 0 Å². The molecule has 4 aromatic rings. The Hall–Kier alpha value is -4.10. The molecule has 1 aliphatic rings. The van der Waals surface area contributed by atoms with Crippen molar-refractivity contribution in [3.05, 3.63) is 68.2 Å². The van der Waals surface area contributed by atoms with Crippen LogP contribution in [0.4, 0.5) is 5.82 Å². The number of imidazole rings is 1. The number of aliphatic hydroxyl groups is 1. The van der Waals surface area contributed by atoms with Crippen LogP contribution in [0.2, 0.25) is 5.15 Å². The van der Waals surface area contributed by atoms with Crippen LogP contribution in [0, 0.1) is 0 Å². The fourth-order valence-electron chi connectivity index (χ4n) is 4.28. The number of carbonyl (C=O) groups is 1. The van der Waals surface area contributed by atoms with E-state index in [0.29, 0.717) is 43.2 Å². The Bertz CT molecular complexity index is 1590. The summed E-state index contributed by atoms with van der Waals surface area (Å²) in [4.78, 5) is 59.7. The molecule has 0 radical (unpaired) electrons. The van der Waals surface area contributed by atoms with Gasteiger partial charge in [-0.3, -0.25) is 23.6 Å². The number of aromatic amines is 1. The van der Waals surface area contributed by atoms with E-state index in [0.717, 1.165) is 0 Å². The van der Waals surface area contributed by atoms with Crippen molar-refractivity contribution < 1.29 is 14.6 Å². The van der Waals surface area contributed by atoms with Crippen LogP contribution in [0.3, 0.4) is 0 Å². The lowest BCUT2D eigenvalue weighted by Crippen LogP contribution is -2.47. The first kappa shape index (κ1) is 25.5. The molecule has 1 amide bonds. The van der Waals surface area contributed by atoms with Gasteiger partial charge in [0.15, 0.2) is 5.65 Å². The highest BCUT2D eigenvalue weighted by Crippen LogP contribution is 2.30. The van der Waals surface area contributed by atoms with Crippen LogP contribution in [-0.4, -0.2) is 58.2 Å². The van der Waals surface area contributed by atoms with Crippen LogP contribution < -0.4 is 20.9 Å². The second kappa shape index (κ2) is 10.3. The quantitative estimate of drug-likeness (QED) is 0.338. The largest absolute Gasteiger partial charge is 0.484 e. The van der Waals surface area contributed by atoms with Gasteiger partial charge in [-0.25, -0.2) is 24.7 Å². The Kier molecular flexibility index (Phi) is 6.95. The second-order valence-corrected chi connectivity index (χ2v) is 9.39. The monoisotopic (exact) mass is 540 g/mol. The van der Waals surface area contributed by atoms with E-state index in [1.165, 1.54) is 32.6 Å². The number of aromatic nitrogens is 7. The van der Waals surface area contributed by atoms with Gasteiger partial charge in [-0.15, -0.1) is 0 Å². The molecule has 0 bridgehead atoms. The molecule has 1 fully saturated rings. The first-order valence-electron chi connectivity index (χ1n) is 12.0. The number of halogens is 1. The number of fused-ring (bicyclic) bond motifs is 1. The van der Waals surface area contributed by atoms with E-state index in [2.05, 4.69) is 24.9 Å². The predicted octanol–water partition coefficient (Wildman–Crippen LogP) is 1.69. The maximum atomic E-state index is 13.1. The summed E-state index contributed by atoms with van der Waals surface area (Å²) in [5.74, 6) is 0.740. The van der Waals surface area contributed by atoms with Crippen molar-refractivity contribution in [2.24, 2.45) is 0 Å². The molecular weight excluding hydrogens is 516 g/mol. The summed E-state index contributed by atoms with van der Waals surface area (Å²) in [6.45, 7) is 2.32. The van der Waals surface area contributed by atoms with Gasteiger partial charge in [0.1, 0.15) is 40.4 Å². The number of amides is 1. The number of hydrogen-bond donors (Lipinski definition) is 2. The number of pyridine rings is 1.